The second-order valence-corrected chi connectivity index (χ2v) is 5.95. The Morgan fingerprint density at radius 3 is 2.65 bits per heavy atom. The number of nitrogens with one attached hydrogen (secondary N) is 1. The Balaban J connectivity index is 1.93. The number of esters is 1. The predicted octanol–water partition coefficient (Wildman–Crippen LogP) is 2.22. The van der Waals surface area contributed by atoms with Crippen LogP contribution in [0.5, 0.6) is 0 Å². The number of carbonyl (C=O) groups excluding carboxylic acids is 1. The van der Waals surface area contributed by atoms with Crippen molar-refractivity contribution in [1.29, 1.82) is 0 Å². The molecule has 1 aliphatic rings. The first-order valence-corrected chi connectivity index (χ1v) is 6.85. The summed E-state index contributed by atoms with van der Waals surface area (Å²) in [7, 11) is 3.10. The van der Waals surface area contributed by atoms with Crippen molar-refractivity contribution in [2.75, 3.05) is 14.2 Å². The minimum Gasteiger partial charge on any atom is -0.463 e. The average Bonchev–Trinajstić information content (AvgIpc) is 2.86. The van der Waals surface area contributed by atoms with E-state index in [0.717, 1.165) is 5.76 Å². The summed E-state index contributed by atoms with van der Waals surface area (Å²) in [4.78, 5) is 11.3. The first-order chi connectivity index (χ1) is 9.41. The molecule has 1 aromatic heterocycles. The highest BCUT2D eigenvalue weighted by atomic mass is 16.5. The molecule has 1 aromatic rings. The third-order valence-corrected chi connectivity index (χ3v) is 4.34. The number of hydrogen-bond acceptors (Lipinski definition) is 5. The summed E-state index contributed by atoms with van der Waals surface area (Å²) in [5.74, 6) is 0.965. The lowest BCUT2D eigenvalue weighted by Gasteiger charge is -2.56. The second kappa shape index (κ2) is 5.58. The van der Waals surface area contributed by atoms with Gasteiger partial charge in [-0.3, -0.25) is 0 Å². The molecule has 0 aliphatic heterocycles. The van der Waals surface area contributed by atoms with Crippen LogP contribution in [-0.2, 0) is 16.0 Å². The predicted molar refractivity (Wildman–Crippen MR) is 74.4 cm³/mol. The Kier molecular flexibility index (Phi) is 4.20. The summed E-state index contributed by atoms with van der Waals surface area (Å²) in [5.41, 5.74) is 0.0892. The standard InChI is InChI=1S/C15H23NO4/c1-9-12(15(2,3)13(9)18-4)16-8-10-6-7-11(20-10)14(17)19-5/h6-7,9,12-13,16H,8H2,1-5H3. The molecule has 0 aromatic carbocycles. The highest BCUT2D eigenvalue weighted by Gasteiger charge is 2.54. The summed E-state index contributed by atoms with van der Waals surface area (Å²) in [5, 5.41) is 3.48. The first-order valence-electron chi connectivity index (χ1n) is 6.85. The van der Waals surface area contributed by atoms with Crippen molar-refractivity contribution < 1.29 is 18.7 Å². The van der Waals surface area contributed by atoms with Crippen molar-refractivity contribution in [3.8, 4) is 0 Å². The van der Waals surface area contributed by atoms with Gasteiger partial charge in [0.1, 0.15) is 5.76 Å². The van der Waals surface area contributed by atoms with Crippen LogP contribution in [0.3, 0.4) is 0 Å². The Morgan fingerprint density at radius 2 is 2.10 bits per heavy atom. The van der Waals surface area contributed by atoms with Gasteiger partial charge in [0.15, 0.2) is 0 Å². The highest BCUT2D eigenvalue weighted by Crippen LogP contribution is 2.46. The van der Waals surface area contributed by atoms with Crippen LogP contribution < -0.4 is 5.32 Å². The van der Waals surface area contributed by atoms with Crippen LogP contribution in [0.1, 0.15) is 37.1 Å². The van der Waals surface area contributed by atoms with Crippen LogP contribution in [0.2, 0.25) is 0 Å². The van der Waals surface area contributed by atoms with Gasteiger partial charge < -0.3 is 19.2 Å². The van der Waals surface area contributed by atoms with E-state index in [0.29, 0.717) is 18.5 Å². The largest absolute Gasteiger partial charge is 0.463 e. The average molecular weight is 281 g/mol. The Labute approximate surface area is 119 Å². The van der Waals surface area contributed by atoms with Crippen LogP contribution in [0.15, 0.2) is 16.5 Å². The fourth-order valence-corrected chi connectivity index (χ4v) is 3.45. The molecule has 1 aliphatic carbocycles. The quantitative estimate of drug-likeness (QED) is 0.839. The molecule has 1 N–H and O–H groups in total. The van der Waals surface area contributed by atoms with E-state index in [2.05, 4.69) is 30.8 Å². The van der Waals surface area contributed by atoms with E-state index in [1.165, 1.54) is 7.11 Å². The van der Waals surface area contributed by atoms with E-state index in [9.17, 15) is 4.79 Å². The molecule has 1 fully saturated rings. The molecule has 1 heterocycles. The van der Waals surface area contributed by atoms with Crippen molar-refractivity contribution in [3.63, 3.8) is 0 Å². The van der Waals surface area contributed by atoms with Gasteiger partial charge >= 0.3 is 5.97 Å². The third kappa shape index (κ3) is 2.47. The molecule has 5 heteroatoms. The van der Waals surface area contributed by atoms with Crippen LogP contribution in [0.25, 0.3) is 0 Å². The zero-order valence-electron chi connectivity index (χ0n) is 12.7. The Bertz CT molecular complexity index is 480. The van der Waals surface area contributed by atoms with Gasteiger partial charge in [0.25, 0.3) is 0 Å². The van der Waals surface area contributed by atoms with Gasteiger partial charge in [-0.1, -0.05) is 20.8 Å². The van der Waals surface area contributed by atoms with Crippen LogP contribution >= 0.6 is 0 Å². The van der Waals surface area contributed by atoms with E-state index in [-0.39, 0.29) is 17.3 Å². The topological polar surface area (TPSA) is 60.7 Å². The zero-order valence-corrected chi connectivity index (χ0v) is 12.7. The van der Waals surface area contributed by atoms with Crippen LogP contribution in [0.4, 0.5) is 0 Å². The monoisotopic (exact) mass is 281 g/mol. The molecular formula is C15H23NO4. The zero-order chi connectivity index (χ0) is 14.9. The molecule has 1 saturated carbocycles. The molecule has 5 nitrogen and oxygen atoms in total. The van der Waals surface area contributed by atoms with Gasteiger partial charge in [0, 0.05) is 18.6 Å². The summed E-state index contributed by atoms with van der Waals surface area (Å²) < 4.78 is 15.6. The molecule has 0 bridgehead atoms. The molecule has 0 amide bonds. The number of methoxy groups -OCH3 is 2. The summed E-state index contributed by atoms with van der Waals surface area (Å²) in [6.45, 7) is 7.16. The van der Waals surface area contributed by atoms with Crippen molar-refractivity contribution in [2.24, 2.45) is 11.3 Å². The van der Waals surface area contributed by atoms with Gasteiger partial charge in [-0.15, -0.1) is 0 Å². The second-order valence-electron chi connectivity index (χ2n) is 5.95. The van der Waals surface area contributed by atoms with Crippen molar-refractivity contribution in [3.05, 3.63) is 23.7 Å². The lowest BCUT2D eigenvalue weighted by atomic mass is 9.58. The van der Waals surface area contributed by atoms with Crippen LogP contribution in [-0.4, -0.2) is 32.3 Å². The van der Waals surface area contributed by atoms with E-state index in [4.69, 9.17) is 9.15 Å². The maximum atomic E-state index is 11.3. The van der Waals surface area contributed by atoms with E-state index in [1.807, 2.05) is 0 Å². The van der Waals surface area contributed by atoms with Gasteiger partial charge in [0.05, 0.1) is 19.8 Å². The molecule has 3 unspecified atom stereocenters. The van der Waals surface area contributed by atoms with E-state index < -0.39 is 5.97 Å². The van der Waals surface area contributed by atoms with Gasteiger partial charge in [-0.05, 0) is 18.1 Å². The lowest BCUT2D eigenvalue weighted by molar-refractivity contribution is -0.145. The third-order valence-electron chi connectivity index (χ3n) is 4.34. The van der Waals surface area contributed by atoms with Crippen molar-refractivity contribution >= 4 is 5.97 Å². The molecule has 2 rings (SSSR count). The molecule has 20 heavy (non-hydrogen) atoms. The number of furan rings is 1. The number of carbonyl (C=O) groups is 1. The molecular weight excluding hydrogens is 258 g/mol. The van der Waals surface area contributed by atoms with Gasteiger partial charge in [0.2, 0.25) is 5.76 Å². The summed E-state index contributed by atoms with van der Waals surface area (Å²) >= 11 is 0. The molecule has 0 radical (unpaired) electrons. The first kappa shape index (κ1) is 15.1. The molecule has 3 atom stereocenters. The molecule has 112 valence electrons. The maximum Gasteiger partial charge on any atom is 0.373 e. The minimum atomic E-state index is -0.451. The number of hydrogen-bond donors (Lipinski definition) is 1. The highest BCUT2D eigenvalue weighted by molar-refractivity contribution is 5.86. The fourth-order valence-electron chi connectivity index (χ4n) is 3.45. The molecule has 0 spiro atoms. The van der Waals surface area contributed by atoms with E-state index >= 15 is 0 Å². The fraction of sp³-hybridized carbons (Fsp3) is 0.667. The lowest BCUT2D eigenvalue weighted by Crippen LogP contribution is -2.66. The smallest absolute Gasteiger partial charge is 0.373 e. The number of ether oxygens (including phenoxy) is 2. The maximum absolute atomic E-state index is 11.3. The van der Waals surface area contributed by atoms with Gasteiger partial charge in [-0.2, -0.15) is 0 Å². The Hall–Kier alpha value is -1.33. The van der Waals surface area contributed by atoms with Crippen LogP contribution in [0, 0.1) is 11.3 Å². The SMILES string of the molecule is COC(=O)c1ccc(CNC2C(C)C(OC)C2(C)C)o1. The summed E-state index contributed by atoms with van der Waals surface area (Å²) in [6.07, 6.45) is 0.266. The van der Waals surface area contributed by atoms with Crippen molar-refractivity contribution in [1.82, 2.24) is 5.32 Å². The normalized spacial score (nSPS) is 27.9. The molecule has 0 saturated heterocycles. The van der Waals surface area contributed by atoms with Gasteiger partial charge in [-0.25, -0.2) is 4.79 Å². The summed E-state index contributed by atoms with van der Waals surface area (Å²) in [6, 6.07) is 3.79. The minimum absolute atomic E-state index is 0.0892. The Morgan fingerprint density at radius 1 is 1.40 bits per heavy atom. The van der Waals surface area contributed by atoms with Crippen molar-refractivity contribution in [2.45, 2.75) is 39.5 Å². The number of rotatable bonds is 5. The van der Waals surface area contributed by atoms with E-state index in [1.54, 1.807) is 19.2 Å².